The summed E-state index contributed by atoms with van der Waals surface area (Å²) >= 11 is 0. The van der Waals surface area contributed by atoms with Crippen molar-refractivity contribution >= 4 is 23.9 Å². The van der Waals surface area contributed by atoms with E-state index in [4.69, 9.17) is 37.9 Å². The normalized spacial score (nSPS) is 31.9. The molecule has 0 N–H and O–H groups in total. The third-order valence-electron chi connectivity index (χ3n) is 17.9. The average molecular weight is 983 g/mol. The summed E-state index contributed by atoms with van der Waals surface area (Å²) in [7, 11) is 0. The van der Waals surface area contributed by atoms with Crippen LogP contribution in [0.1, 0.15) is 231 Å². The van der Waals surface area contributed by atoms with Crippen LogP contribution in [0, 0.1) is 35.5 Å². The third kappa shape index (κ3) is 19.9. The van der Waals surface area contributed by atoms with Crippen LogP contribution in [0.5, 0.6) is 0 Å². The quantitative estimate of drug-likeness (QED) is 0.0252. The maximum Gasteiger partial charge on any atom is 0.305 e. The molecule has 398 valence electrons. The maximum atomic E-state index is 12.6. The van der Waals surface area contributed by atoms with Gasteiger partial charge >= 0.3 is 23.9 Å². The van der Waals surface area contributed by atoms with Crippen molar-refractivity contribution in [3.63, 3.8) is 0 Å². The smallest absolute Gasteiger partial charge is 0.305 e. The van der Waals surface area contributed by atoms with Crippen LogP contribution >= 0.6 is 0 Å². The van der Waals surface area contributed by atoms with Crippen LogP contribution in [0.4, 0.5) is 0 Å². The zero-order chi connectivity index (χ0) is 48.3. The van der Waals surface area contributed by atoms with E-state index in [0.717, 1.165) is 154 Å². The number of esters is 4. The van der Waals surface area contributed by atoms with E-state index in [-0.39, 0.29) is 23.9 Å². The first-order valence-corrected chi connectivity index (χ1v) is 29.6. The molecule has 0 radical (unpaired) electrons. The summed E-state index contributed by atoms with van der Waals surface area (Å²) in [4.78, 5) is 50.4. The first-order valence-electron chi connectivity index (χ1n) is 29.6. The lowest BCUT2D eigenvalue weighted by molar-refractivity contribution is -0.146. The Balaban J connectivity index is 0.744. The standard InChI is InChI=1S/C58H94O12/c59-55(63-37-41-25-29-47-51(33-41)67-47)21-13-5-1-9-17-45(18-10-2-6-14-22-56(60)64-38-42-26-30-48-52(34-42)68-48)46(19-11-3-7-15-23-57(61)65-39-43-27-31-49-53(35-43)69-49)20-12-4-8-16-24-58(62)66-40-44-28-32-50-54(36-44)70-50/h41-54H,1-40H2. The van der Waals surface area contributed by atoms with Gasteiger partial charge in [0, 0.05) is 25.7 Å². The lowest BCUT2D eigenvalue weighted by atomic mass is 9.78. The van der Waals surface area contributed by atoms with Crippen molar-refractivity contribution in [1.29, 1.82) is 0 Å². The molecule has 4 aliphatic heterocycles. The molecular formula is C58H94O12. The minimum absolute atomic E-state index is 0.0494. The maximum absolute atomic E-state index is 12.6. The Bertz CT molecular complexity index is 1360. The summed E-state index contributed by atoms with van der Waals surface area (Å²) in [6, 6.07) is 0. The van der Waals surface area contributed by atoms with Crippen LogP contribution in [0.15, 0.2) is 0 Å². The Morgan fingerprint density at radius 1 is 0.300 bits per heavy atom. The highest BCUT2D eigenvalue weighted by Crippen LogP contribution is 2.42. The number of epoxide rings is 4. The molecule has 0 aromatic rings. The lowest BCUT2D eigenvalue weighted by Crippen LogP contribution is -2.20. The Hall–Kier alpha value is -2.28. The highest BCUT2D eigenvalue weighted by atomic mass is 16.6. The molecule has 12 nitrogen and oxygen atoms in total. The number of unbranched alkanes of at least 4 members (excludes halogenated alkanes) is 12. The number of fused-ring (bicyclic) bond motifs is 4. The van der Waals surface area contributed by atoms with Crippen molar-refractivity contribution in [2.75, 3.05) is 26.4 Å². The summed E-state index contributed by atoms with van der Waals surface area (Å²) in [6.45, 7) is 2.18. The first-order chi connectivity index (χ1) is 34.3. The molecule has 4 aliphatic carbocycles. The summed E-state index contributed by atoms with van der Waals surface area (Å²) in [6.07, 6.45) is 40.4. The summed E-state index contributed by atoms with van der Waals surface area (Å²) in [5, 5.41) is 0. The molecular weight excluding hydrogens is 889 g/mol. The van der Waals surface area contributed by atoms with Gasteiger partial charge in [-0.2, -0.15) is 0 Å². The summed E-state index contributed by atoms with van der Waals surface area (Å²) in [5.74, 6) is 2.90. The fourth-order valence-corrected chi connectivity index (χ4v) is 13.0. The SMILES string of the molecule is O=C(CCCCCCC(CCCCCCC(=O)OCC1CCC2OC2C1)C(CCCCCCC(=O)OCC1CCC2OC2C1)CCCCCCC(=O)OCC1CCC2OC2C1)OCC1CCC2OC2C1. The molecule has 4 saturated heterocycles. The number of hydrogen-bond acceptors (Lipinski definition) is 12. The van der Waals surface area contributed by atoms with Crippen LogP contribution in [0.2, 0.25) is 0 Å². The zero-order valence-corrected chi connectivity index (χ0v) is 43.3. The van der Waals surface area contributed by atoms with E-state index in [2.05, 4.69) is 0 Å². The molecule has 12 heteroatoms. The molecule has 0 spiro atoms. The van der Waals surface area contributed by atoms with Crippen molar-refractivity contribution in [2.45, 2.75) is 280 Å². The van der Waals surface area contributed by atoms with Gasteiger partial charge in [-0.3, -0.25) is 19.2 Å². The van der Waals surface area contributed by atoms with Gasteiger partial charge in [0.25, 0.3) is 0 Å². The van der Waals surface area contributed by atoms with Crippen LogP contribution in [-0.4, -0.2) is 99.1 Å². The van der Waals surface area contributed by atoms with E-state index in [1.54, 1.807) is 0 Å². The molecule has 8 fully saturated rings. The van der Waals surface area contributed by atoms with Gasteiger partial charge in [0.05, 0.1) is 75.3 Å². The van der Waals surface area contributed by atoms with Gasteiger partial charge in [-0.05, 0) is 138 Å². The van der Waals surface area contributed by atoms with Crippen molar-refractivity contribution < 1.29 is 57.1 Å². The zero-order valence-electron chi connectivity index (χ0n) is 43.3. The predicted octanol–water partition coefficient (Wildman–Crippen LogP) is 12.0. The van der Waals surface area contributed by atoms with Crippen LogP contribution in [0.3, 0.4) is 0 Å². The predicted molar refractivity (Wildman–Crippen MR) is 266 cm³/mol. The van der Waals surface area contributed by atoms with E-state index in [9.17, 15) is 19.2 Å². The molecule has 0 aromatic carbocycles. The molecule has 8 aliphatic rings. The Morgan fingerprint density at radius 2 is 0.529 bits per heavy atom. The van der Waals surface area contributed by atoms with E-state index in [1.807, 2.05) is 0 Å². The topological polar surface area (TPSA) is 155 Å². The second-order valence-corrected chi connectivity index (χ2v) is 23.6. The Labute approximate surface area is 421 Å². The number of rotatable bonds is 37. The molecule has 4 saturated carbocycles. The fourth-order valence-electron chi connectivity index (χ4n) is 13.0. The van der Waals surface area contributed by atoms with Gasteiger partial charge in [0.2, 0.25) is 0 Å². The molecule has 70 heavy (non-hydrogen) atoms. The first kappa shape index (κ1) is 54.0. The van der Waals surface area contributed by atoms with Gasteiger partial charge < -0.3 is 37.9 Å². The Kier molecular flexibility index (Phi) is 22.4. The van der Waals surface area contributed by atoms with Crippen LogP contribution in [-0.2, 0) is 57.1 Å². The summed E-state index contributed by atoms with van der Waals surface area (Å²) in [5.41, 5.74) is 0. The van der Waals surface area contributed by atoms with Crippen LogP contribution < -0.4 is 0 Å². The van der Waals surface area contributed by atoms with Gasteiger partial charge in [-0.25, -0.2) is 0 Å². The molecule has 8 rings (SSSR count). The van der Waals surface area contributed by atoms with Crippen molar-refractivity contribution in [1.82, 2.24) is 0 Å². The van der Waals surface area contributed by atoms with Gasteiger partial charge in [-0.15, -0.1) is 0 Å². The number of carbonyl (C=O) groups is 4. The lowest BCUT2D eigenvalue weighted by Gasteiger charge is -2.28. The third-order valence-corrected chi connectivity index (χ3v) is 17.9. The monoisotopic (exact) mass is 983 g/mol. The molecule has 12 unspecified atom stereocenters. The second-order valence-electron chi connectivity index (χ2n) is 23.6. The van der Waals surface area contributed by atoms with E-state index < -0.39 is 0 Å². The molecule has 0 bridgehead atoms. The van der Waals surface area contributed by atoms with E-state index in [1.165, 1.54) is 51.4 Å². The minimum Gasteiger partial charge on any atom is -0.465 e. The minimum atomic E-state index is -0.0494. The number of hydrogen-bond donors (Lipinski definition) is 0. The molecule has 12 atom stereocenters. The van der Waals surface area contributed by atoms with Gasteiger partial charge in [-0.1, -0.05) is 103 Å². The number of carbonyl (C=O) groups excluding carboxylic acids is 4. The van der Waals surface area contributed by atoms with Crippen LogP contribution in [0.25, 0.3) is 0 Å². The fraction of sp³-hybridized carbons (Fsp3) is 0.931. The molecule has 4 heterocycles. The van der Waals surface area contributed by atoms with Crippen molar-refractivity contribution in [3.8, 4) is 0 Å². The van der Waals surface area contributed by atoms with Crippen molar-refractivity contribution in [2.24, 2.45) is 35.5 Å². The summed E-state index contributed by atoms with van der Waals surface area (Å²) < 4.78 is 45.4. The van der Waals surface area contributed by atoms with E-state index >= 15 is 0 Å². The highest BCUT2D eigenvalue weighted by Gasteiger charge is 2.46. The van der Waals surface area contributed by atoms with Gasteiger partial charge in [0.15, 0.2) is 0 Å². The molecule has 0 aromatic heterocycles. The second kappa shape index (κ2) is 29.0. The number of ether oxygens (including phenoxy) is 8. The highest BCUT2D eigenvalue weighted by molar-refractivity contribution is 5.70. The van der Waals surface area contributed by atoms with Gasteiger partial charge in [0.1, 0.15) is 0 Å². The largest absolute Gasteiger partial charge is 0.465 e. The van der Waals surface area contributed by atoms with Crippen molar-refractivity contribution in [3.05, 3.63) is 0 Å². The Morgan fingerprint density at radius 3 is 0.757 bits per heavy atom. The average Bonchev–Trinajstić information content (AvgIpc) is 4.17. The molecule has 0 amide bonds. The van der Waals surface area contributed by atoms with E-state index in [0.29, 0.717) is 136 Å².